The second-order valence-electron chi connectivity index (χ2n) is 3.83. The van der Waals surface area contributed by atoms with Crippen LogP contribution in [0.4, 0.5) is 4.79 Å². The predicted molar refractivity (Wildman–Crippen MR) is 69.5 cm³/mol. The number of ether oxygens (including phenoxy) is 2. The summed E-state index contributed by atoms with van der Waals surface area (Å²) in [5.74, 6) is -0.679. The average molecular weight is 283 g/mol. The molecule has 0 aliphatic carbocycles. The van der Waals surface area contributed by atoms with Crippen molar-refractivity contribution >= 4 is 12.0 Å². The van der Waals surface area contributed by atoms with Crippen LogP contribution in [0, 0.1) is 0 Å². The van der Waals surface area contributed by atoms with E-state index in [9.17, 15) is 9.59 Å². The fraction of sp³-hybridized carbons (Fsp3) is 0.417. The Balaban J connectivity index is 2.37. The molecule has 1 atom stereocenters. The molecule has 8 heteroatoms. The molecular formula is C12H17N3O5. The van der Waals surface area contributed by atoms with Gasteiger partial charge in [-0.1, -0.05) is 0 Å². The molecule has 2 amide bonds. The molecule has 1 aromatic heterocycles. The number of hydrogen-bond acceptors (Lipinski definition) is 5. The lowest BCUT2D eigenvalue weighted by Gasteiger charge is -2.12. The molecule has 1 unspecified atom stereocenters. The van der Waals surface area contributed by atoms with E-state index in [1.54, 1.807) is 18.3 Å². The number of methoxy groups -OCH3 is 2. The first-order chi connectivity index (χ1) is 9.56. The van der Waals surface area contributed by atoms with Crippen LogP contribution >= 0.6 is 0 Å². The number of carboxylic acid groups (broad SMARTS) is 1. The summed E-state index contributed by atoms with van der Waals surface area (Å²) < 4.78 is 9.65. The minimum atomic E-state index is -1.13. The van der Waals surface area contributed by atoms with Gasteiger partial charge in [0.05, 0.1) is 13.7 Å². The number of carbonyl (C=O) groups is 2. The zero-order valence-electron chi connectivity index (χ0n) is 11.3. The van der Waals surface area contributed by atoms with Crippen molar-refractivity contribution in [2.45, 2.75) is 12.6 Å². The number of aliphatic carboxylic acids is 1. The van der Waals surface area contributed by atoms with Gasteiger partial charge in [0.25, 0.3) is 0 Å². The van der Waals surface area contributed by atoms with Crippen LogP contribution in [0.2, 0.25) is 0 Å². The third kappa shape index (κ3) is 5.11. The van der Waals surface area contributed by atoms with Crippen molar-refractivity contribution in [2.75, 3.05) is 20.8 Å². The van der Waals surface area contributed by atoms with Crippen molar-refractivity contribution in [3.63, 3.8) is 0 Å². The Morgan fingerprint density at radius 2 is 2.15 bits per heavy atom. The molecule has 0 fully saturated rings. The summed E-state index contributed by atoms with van der Waals surface area (Å²) in [7, 11) is 2.77. The molecule has 3 N–H and O–H groups in total. The zero-order valence-corrected chi connectivity index (χ0v) is 11.3. The van der Waals surface area contributed by atoms with Gasteiger partial charge in [-0.15, -0.1) is 0 Å². The quantitative estimate of drug-likeness (QED) is 0.649. The molecular weight excluding hydrogens is 266 g/mol. The van der Waals surface area contributed by atoms with E-state index in [0.29, 0.717) is 5.88 Å². The first-order valence-corrected chi connectivity index (χ1v) is 5.83. The molecule has 1 heterocycles. The minimum Gasteiger partial charge on any atom is -0.481 e. The highest BCUT2D eigenvalue weighted by Crippen LogP contribution is 2.07. The van der Waals surface area contributed by atoms with Crippen LogP contribution in [0.3, 0.4) is 0 Å². The SMILES string of the molecule is COc1cc(CNC(=O)NCC(OC)C(=O)O)ccn1. The van der Waals surface area contributed by atoms with Gasteiger partial charge < -0.3 is 25.2 Å². The standard InChI is InChI=1S/C12H17N3O5/c1-19-9(11(16)17)7-15-12(18)14-6-8-3-4-13-10(5-8)20-2/h3-5,9H,6-7H2,1-2H3,(H,16,17)(H2,14,15,18). The van der Waals surface area contributed by atoms with Gasteiger partial charge in [0, 0.05) is 25.9 Å². The number of hydrogen-bond donors (Lipinski definition) is 3. The summed E-state index contributed by atoms with van der Waals surface area (Å²) in [4.78, 5) is 26.1. The van der Waals surface area contributed by atoms with Gasteiger partial charge in [0.2, 0.25) is 5.88 Å². The van der Waals surface area contributed by atoms with Crippen LogP contribution in [-0.4, -0.2) is 49.0 Å². The predicted octanol–water partition coefficient (Wildman–Crippen LogP) is -0.0110. The van der Waals surface area contributed by atoms with E-state index in [0.717, 1.165) is 5.56 Å². The lowest BCUT2D eigenvalue weighted by atomic mass is 10.2. The monoisotopic (exact) mass is 283 g/mol. The topological polar surface area (TPSA) is 110 Å². The minimum absolute atomic E-state index is 0.114. The average Bonchev–Trinajstić information content (AvgIpc) is 2.45. The van der Waals surface area contributed by atoms with Gasteiger partial charge in [0.1, 0.15) is 0 Å². The second-order valence-corrected chi connectivity index (χ2v) is 3.83. The Morgan fingerprint density at radius 3 is 2.75 bits per heavy atom. The summed E-state index contributed by atoms with van der Waals surface area (Å²) in [5, 5.41) is 13.7. The highest BCUT2D eigenvalue weighted by atomic mass is 16.5. The molecule has 1 rings (SSSR count). The van der Waals surface area contributed by atoms with E-state index in [1.807, 2.05) is 0 Å². The molecule has 0 spiro atoms. The van der Waals surface area contributed by atoms with E-state index >= 15 is 0 Å². The van der Waals surface area contributed by atoms with Crippen molar-refractivity contribution in [3.8, 4) is 5.88 Å². The van der Waals surface area contributed by atoms with Crippen molar-refractivity contribution in [1.82, 2.24) is 15.6 Å². The molecule has 20 heavy (non-hydrogen) atoms. The molecule has 110 valence electrons. The first kappa shape index (κ1) is 15.7. The van der Waals surface area contributed by atoms with Crippen molar-refractivity contribution < 1.29 is 24.2 Å². The van der Waals surface area contributed by atoms with Crippen LogP contribution < -0.4 is 15.4 Å². The number of carboxylic acids is 1. The van der Waals surface area contributed by atoms with E-state index in [4.69, 9.17) is 9.84 Å². The molecule has 0 saturated carbocycles. The fourth-order valence-electron chi connectivity index (χ4n) is 1.37. The van der Waals surface area contributed by atoms with Crippen LogP contribution in [0.5, 0.6) is 5.88 Å². The van der Waals surface area contributed by atoms with Crippen molar-refractivity contribution in [1.29, 1.82) is 0 Å². The Labute approximate surface area is 116 Å². The molecule has 8 nitrogen and oxygen atoms in total. The third-order valence-corrected chi connectivity index (χ3v) is 2.47. The van der Waals surface area contributed by atoms with E-state index in [1.165, 1.54) is 14.2 Å². The second kappa shape index (κ2) is 7.95. The number of nitrogens with zero attached hydrogens (tertiary/aromatic N) is 1. The summed E-state index contributed by atoms with van der Waals surface area (Å²) in [6, 6.07) is 2.94. The van der Waals surface area contributed by atoms with Gasteiger partial charge in [0.15, 0.2) is 6.10 Å². The van der Waals surface area contributed by atoms with E-state index in [-0.39, 0.29) is 13.1 Å². The largest absolute Gasteiger partial charge is 0.481 e. The van der Waals surface area contributed by atoms with Gasteiger partial charge in [-0.05, 0) is 11.6 Å². The summed E-state index contributed by atoms with van der Waals surface area (Å²) in [6.45, 7) is 0.159. The Hall–Kier alpha value is -2.35. The van der Waals surface area contributed by atoms with Gasteiger partial charge in [-0.3, -0.25) is 0 Å². The highest BCUT2D eigenvalue weighted by Gasteiger charge is 2.16. The maximum atomic E-state index is 11.5. The number of nitrogens with one attached hydrogen (secondary N) is 2. The Bertz CT molecular complexity index is 466. The molecule has 0 radical (unpaired) electrons. The molecule has 0 aliphatic heterocycles. The lowest BCUT2D eigenvalue weighted by Crippen LogP contribution is -2.42. The van der Waals surface area contributed by atoms with Crippen LogP contribution in [0.15, 0.2) is 18.3 Å². The highest BCUT2D eigenvalue weighted by molar-refractivity contribution is 5.76. The number of carbonyl (C=O) groups excluding carboxylic acids is 1. The smallest absolute Gasteiger partial charge is 0.334 e. The Kier molecular flexibility index (Phi) is 6.24. The zero-order chi connectivity index (χ0) is 15.0. The normalized spacial score (nSPS) is 11.5. The number of urea groups is 1. The third-order valence-electron chi connectivity index (χ3n) is 2.47. The number of aromatic nitrogens is 1. The van der Waals surface area contributed by atoms with Crippen molar-refractivity contribution in [3.05, 3.63) is 23.9 Å². The lowest BCUT2D eigenvalue weighted by molar-refractivity contribution is -0.147. The molecule has 0 saturated heterocycles. The molecule has 0 aromatic carbocycles. The van der Waals surface area contributed by atoms with Gasteiger partial charge >= 0.3 is 12.0 Å². The van der Waals surface area contributed by atoms with Gasteiger partial charge in [-0.25, -0.2) is 14.6 Å². The van der Waals surface area contributed by atoms with Crippen LogP contribution in [0.25, 0.3) is 0 Å². The Morgan fingerprint density at radius 1 is 1.40 bits per heavy atom. The van der Waals surface area contributed by atoms with E-state index in [2.05, 4.69) is 20.4 Å². The van der Waals surface area contributed by atoms with Crippen LogP contribution in [-0.2, 0) is 16.1 Å². The number of amides is 2. The van der Waals surface area contributed by atoms with Gasteiger partial charge in [-0.2, -0.15) is 0 Å². The van der Waals surface area contributed by atoms with E-state index < -0.39 is 18.1 Å². The molecule has 1 aromatic rings. The molecule has 0 bridgehead atoms. The summed E-state index contributed by atoms with van der Waals surface area (Å²) in [5.41, 5.74) is 0.813. The fourth-order valence-corrected chi connectivity index (χ4v) is 1.37. The summed E-state index contributed by atoms with van der Waals surface area (Å²) in [6.07, 6.45) is 0.501. The maximum absolute atomic E-state index is 11.5. The summed E-state index contributed by atoms with van der Waals surface area (Å²) >= 11 is 0. The first-order valence-electron chi connectivity index (χ1n) is 5.83. The number of rotatable bonds is 7. The van der Waals surface area contributed by atoms with Crippen LogP contribution in [0.1, 0.15) is 5.56 Å². The number of pyridine rings is 1. The molecule has 0 aliphatic rings. The maximum Gasteiger partial charge on any atom is 0.334 e. The van der Waals surface area contributed by atoms with Crippen molar-refractivity contribution in [2.24, 2.45) is 0 Å².